The number of aromatic amines is 1. The van der Waals surface area contributed by atoms with Crippen molar-refractivity contribution in [2.24, 2.45) is 5.73 Å². The van der Waals surface area contributed by atoms with Gasteiger partial charge in [0.25, 0.3) is 5.91 Å². The average molecular weight is 608 g/mol. The largest absolute Gasteiger partial charge is 0.479 e. The molecule has 8 N–H and O–H groups in total. The fraction of sp³-hybridized carbons (Fsp3) is 0.360. The number of aliphatic hydroxyl groups is 2. The number of carbonyl (C=O) groups excluding carboxylic acids is 3. The van der Waals surface area contributed by atoms with Crippen molar-refractivity contribution in [3.63, 3.8) is 0 Å². The molecule has 3 heterocycles. The van der Waals surface area contributed by atoms with Gasteiger partial charge in [0.15, 0.2) is 12.2 Å². The van der Waals surface area contributed by atoms with Gasteiger partial charge in [0, 0.05) is 36.1 Å². The fourth-order valence-electron chi connectivity index (χ4n) is 4.73. The van der Waals surface area contributed by atoms with Gasteiger partial charge in [-0.15, -0.1) is 11.3 Å². The summed E-state index contributed by atoms with van der Waals surface area (Å²) in [6.45, 7) is -0.262. The number of likely N-dealkylation sites (tertiary alicyclic amines) is 1. The number of H-pyrrole nitrogens is 1. The molecule has 1 aliphatic rings. The summed E-state index contributed by atoms with van der Waals surface area (Å²) >= 11 is 0.990. The van der Waals surface area contributed by atoms with Crippen LogP contribution in [0.5, 0.6) is 0 Å². The first kappa shape index (κ1) is 30.1. The molecule has 0 radical (unpaired) electrons. The number of aliphatic hydroxyl groups excluding tert-OH is 2. The zero-order chi connectivity index (χ0) is 29.9. The minimum atomic E-state index is -3.95. The van der Waals surface area contributed by atoms with Gasteiger partial charge in [-0.1, -0.05) is 24.3 Å². The van der Waals surface area contributed by atoms with Crippen LogP contribution >= 0.6 is 11.3 Å². The van der Waals surface area contributed by atoms with Crippen LogP contribution in [0.2, 0.25) is 0 Å². The summed E-state index contributed by atoms with van der Waals surface area (Å²) in [5.41, 5.74) is 7.06. The number of primary amides is 1. The van der Waals surface area contributed by atoms with E-state index in [0.717, 1.165) is 27.1 Å². The molecule has 0 bridgehead atoms. The van der Waals surface area contributed by atoms with Crippen LogP contribution in [0, 0.1) is 0 Å². The number of carboxylic acids is 1. The van der Waals surface area contributed by atoms with E-state index in [0.29, 0.717) is 5.56 Å². The van der Waals surface area contributed by atoms with Crippen LogP contribution in [0.25, 0.3) is 10.9 Å². The number of aliphatic carboxylic acids is 1. The van der Waals surface area contributed by atoms with Crippen molar-refractivity contribution in [1.82, 2.24) is 19.9 Å². The highest BCUT2D eigenvalue weighted by molar-refractivity contribution is 7.91. The van der Waals surface area contributed by atoms with Crippen molar-refractivity contribution in [2.45, 2.75) is 53.8 Å². The Kier molecular flexibility index (Phi) is 9.08. The summed E-state index contributed by atoms with van der Waals surface area (Å²) in [7, 11) is -3.95. The molecule has 5 atom stereocenters. The van der Waals surface area contributed by atoms with Crippen LogP contribution in [0.1, 0.15) is 18.4 Å². The summed E-state index contributed by atoms with van der Waals surface area (Å²) in [5.74, 6) is -4.84. The molecule has 220 valence electrons. The monoisotopic (exact) mass is 607 g/mol. The maximum absolute atomic E-state index is 13.5. The second kappa shape index (κ2) is 12.4. The van der Waals surface area contributed by atoms with E-state index >= 15 is 0 Å². The molecule has 1 aliphatic heterocycles. The highest BCUT2D eigenvalue weighted by Gasteiger charge is 2.43. The van der Waals surface area contributed by atoms with E-state index in [4.69, 9.17) is 10.8 Å². The van der Waals surface area contributed by atoms with E-state index in [1.807, 2.05) is 18.2 Å². The van der Waals surface area contributed by atoms with Crippen LogP contribution < -0.4 is 15.8 Å². The molecule has 14 nitrogen and oxygen atoms in total. The van der Waals surface area contributed by atoms with E-state index in [9.17, 15) is 37.8 Å². The number of para-hydroxylation sites is 1. The van der Waals surface area contributed by atoms with Gasteiger partial charge in [-0.05, 0) is 35.9 Å². The van der Waals surface area contributed by atoms with Gasteiger partial charge in [-0.2, -0.15) is 0 Å². The predicted molar refractivity (Wildman–Crippen MR) is 146 cm³/mol. The zero-order valence-corrected chi connectivity index (χ0v) is 23.1. The summed E-state index contributed by atoms with van der Waals surface area (Å²) in [4.78, 5) is 53.9. The quantitative estimate of drug-likeness (QED) is 0.140. The molecular formula is C25H29N5O9S2. The molecule has 16 heteroatoms. The highest BCUT2D eigenvalue weighted by Crippen LogP contribution is 2.24. The molecule has 3 aromatic rings. The van der Waals surface area contributed by atoms with E-state index in [-0.39, 0.29) is 30.0 Å². The van der Waals surface area contributed by atoms with Gasteiger partial charge in [0.2, 0.25) is 21.8 Å². The number of hydrogen-bond donors (Lipinski definition) is 7. The number of amides is 3. The number of thiophene rings is 1. The van der Waals surface area contributed by atoms with Crippen LogP contribution in [-0.4, -0.2) is 94.2 Å². The highest BCUT2D eigenvalue weighted by atomic mass is 32.2. The van der Waals surface area contributed by atoms with Crippen LogP contribution in [-0.2, 0) is 35.6 Å². The summed E-state index contributed by atoms with van der Waals surface area (Å²) in [5, 5.41) is 33.8. The molecule has 41 heavy (non-hydrogen) atoms. The minimum absolute atomic E-state index is 0.000538. The first-order valence-corrected chi connectivity index (χ1v) is 14.8. The number of piperidine rings is 1. The zero-order valence-electron chi connectivity index (χ0n) is 21.5. The third-order valence-corrected chi connectivity index (χ3v) is 9.75. The number of nitrogens with two attached hydrogens (primary N) is 1. The SMILES string of the molecule is NC(=O)[C@@H](Cc1c[nH]c2ccccc12)NC(=O)[C@@H]1C[C@@H](NS(=O)(=O)c2cccs2)CCN1C(=O)[C@@H](O)[C@H](O)C(=O)O. The van der Waals surface area contributed by atoms with Crippen LogP contribution in [0.15, 0.2) is 52.2 Å². The van der Waals surface area contributed by atoms with Crippen molar-refractivity contribution in [3.05, 3.63) is 53.5 Å². The van der Waals surface area contributed by atoms with Crippen molar-refractivity contribution < 1.29 is 42.9 Å². The van der Waals surface area contributed by atoms with E-state index < -0.39 is 64.0 Å². The second-order valence-electron chi connectivity index (χ2n) is 9.58. The number of carboxylic acid groups (broad SMARTS) is 1. The number of sulfonamides is 1. The maximum atomic E-state index is 13.5. The molecule has 0 unspecified atom stereocenters. The number of nitrogens with one attached hydrogen (secondary N) is 3. The number of benzene rings is 1. The van der Waals surface area contributed by atoms with Crippen LogP contribution in [0.4, 0.5) is 0 Å². The maximum Gasteiger partial charge on any atom is 0.335 e. The fourth-order valence-corrected chi connectivity index (χ4v) is 7.02. The Morgan fingerprint density at radius 1 is 1.12 bits per heavy atom. The lowest BCUT2D eigenvalue weighted by Crippen LogP contribution is -2.62. The smallest absolute Gasteiger partial charge is 0.335 e. The average Bonchev–Trinajstić information content (AvgIpc) is 3.62. The number of fused-ring (bicyclic) bond motifs is 1. The first-order valence-electron chi connectivity index (χ1n) is 12.5. The number of aromatic nitrogens is 1. The summed E-state index contributed by atoms with van der Waals surface area (Å²) < 4.78 is 28.1. The Hall–Kier alpha value is -3.83. The Morgan fingerprint density at radius 2 is 1.85 bits per heavy atom. The Labute approximate surface area is 238 Å². The number of carbonyl (C=O) groups is 4. The lowest BCUT2D eigenvalue weighted by atomic mass is 9.95. The molecule has 0 aliphatic carbocycles. The topological polar surface area (TPSA) is 232 Å². The van der Waals surface area contributed by atoms with Crippen molar-refractivity contribution in [2.75, 3.05) is 6.54 Å². The molecule has 2 aromatic heterocycles. The van der Waals surface area contributed by atoms with E-state index in [1.165, 1.54) is 6.07 Å². The van der Waals surface area contributed by atoms with Gasteiger partial charge in [-0.3, -0.25) is 14.4 Å². The van der Waals surface area contributed by atoms with E-state index in [2.05, 4.69) is 15.0 Å². The second-order valence-corrected chi connectivity index (χ2v) is 12.5. The van der Waals surface area contributed by atoms with Gasteiger partial charge in [-0.25, -0.2) is 17.9 Å². The molecule has 1 aromatic carbocycles. The number of nitrogens with zero attached hydrogens (tertiary/aromatic N) is 1. The molecular weight excluding hydrogens is 578 g/mol. The Bertz CT molecular complexity index is 1540. The standard InChI is InChI=1S/C25H29N5O9S2/c26-22(33)17(10-13-12-27-16-5-2-1-4-15(13)16)28-23(34)18-11-14(29-41(38,39)19-6-3-9-40-19)7-8-30(18)24(35)20(31)21(32)25(36)37/h1-6,9,12,14,17-18,20-21,27,29,31-32H,7-8,10-11H2,(H2,26,33)(H,28,34)(H,36,37)/t14-,17+,18-,20-,21-/m0/s1. The molecule has 1 saturated heterocycles. The molecule has 3 amide bonds. The van der Waals surface area contributed by atoms with E-state index in [1.54, 1.807) is 23.7 Å². The third-order valence-electron chi connectivity index (χ3n) is 6.83. The van der Waals surface area contributed by atoms with Crippen molar-refractivity contribution >= 4 is 56.0 Å². The van der Waals surface area contributed by atoms with Gasteiger partial charge < -0.3 is 36.3 Å². The first-order chi connectivity index (χ1) is 19.4. The third kappa shape index (κ3) is 6.74. The number of hydrogen-bond acceptors (Lipinski definition) is 9. The molecule has 1 fully saturated rings. The molecule has 4 rings (SSSR count). The molecule has 0 saturated carbocycles. The van der Waals surface area contributed by atoms with Crippen molar-refractivity contribution in [3.8, 4) is 0 Å². The lowest BCUT2D eigenvalue weighted by Gasteiger charge is -2.40. The van der Waals surface area contributed by atoms with Crippen LogP contribution in [0.3, 0.4) is 0 Å². The minimum Gasteiger partial charge on any atom is -0.479 e. The normalized spacial score (nSPS) is 19.8. The molecule has 0 spiro atoms. The summed E-state index contributed by atoms with van der Waals surface area (Å²) in [6, 6.07) is 6.75. The van der Waals surface area contributed by atoms with Gasteiger partial charge in [0.1, 0.15) is 16.3 Å². The Morgan fingerprint density at radius 3 is 2.51 bits per heavy atom. The van der Waals surface area contributed by atoms with Gasteiger partial charge >= 0.3 is 5.97 Å². The Balaban J connectivity index is 1.57. The van der Waals surface area contributed by atoms with Gasteiger partial charge in [0.05, 0.1) is 0 Å². The number of rotatable bonds is 11. The predicted octanol–water partition coefficient (Wildman–Crippen LogP) is -1.11. The van der Waals surface area contributed by atoms with Crippen molar-refractivity contribution in [1.29, 1.82) is 0 Å². The lowest BCUT2D eigenvalue weighted by molar-refractivity contribution is -0.165. The summed E-state index contributed by atoms with van der Waals surface area (Å²) in [6.07, 6.45) is -3.42.